The number of aromatic nitrogens is 1. The van der Waals surface area contributed by atoms with Gasteiger partial charge in [0.25, 0.3) is 11.7 Å². The predicted octanol–water partition coefficient (Wildman–Crippen LogP) is 4.11. The summed E-state index contributed by atoms with van der Waals surface area (Å²) in [6.45, 7) is 2.59. The van der Waals surface area contributed by atoms with Crippen LogP contribution in [0.15, 0.2) is 78.6 Å². The van der Waals surface area contributed by atoms with Crippen LogP contribution in [0.1, 0.15) is 29.7 Å². The molecular formula is C26H24N2O5. The number of ketones is 1. The van der Waals surface area contributed by atoms with Gasteiger partial charge in [-0.15, -0.1) is 0 Å². The number of amides is 1. The summed E-state index contributed by atoms with van der Waals surface area (Å²) in [5.41, 5.74) is 1.95. The minimum absolute atomic E-state index is 0.0392. The normalized spacial score (nSPS) is 17.3. The van der Waals surface area contributed by atoms with Gasteiger partial charge in [0.2, 0.25) is 0 Å². The van der Waals surface area contributed by atoms with Crippen molar-refractivity contribution in [1.82, 2.24) is 9.88 Å². The van der Waals surface area contributed by atoms with Gasteiger partial charge in [-0.3, -0.25) is 14.6 Å². The molecule has 1 atom stereocenters. The maximum absolute atomic E-state index is 13.1. The van der Waals surface area contributed by atoms with E-state index in [2.05, 4.69) is 4.98 Å². The Morgan fingerprint density at radius 3 is 2.42 bits per heavy atom. The topological polar surface area (TPSA) is 89.0 Å². The largest absolute Gasteiger partial charge is 0.507 e. The van der Waals surface area contributed by atoms with Crippen molar-refractivity contribution in [2.75, 3.05) is 13.7 Å². The van der Waals surface area contributed by atoms with E-state index in [1.807, 2.05) is 31.2 Å². The van der Waals surface area contributed by atoms with Crippen molar-refractivity contribution in [2.45, 2.75) is 19.5 Å². The van der Waals surface area contributed by atoms with Crippen LogP contribution in [0.2, 0.25) is 0 Å². The second-order valence-corrected chi connectivity index (χ2v) is 7.52. The number of rotatable bonds is 7. The van der Waals surface area contributed by atoms with Crippen LogP contribution in [0.25, 0.3) is 5.76 Å². The van der Waals surface area contributed by atoms with Gasteiger partial charge in [-0.25, -0.2) is 0 Å². The third-order valence-corrected chi connectivity index (χ3v) is 5.49. The first kappa shape index (κ1) is 22.1. The Balaban J connectivity index is 1.81. The van der Waals surface area contributed by atoms with Crippen molar-refractivity contribution < 1.29 is 24.2 Å². The molecular weight excluding hydrogens is 420 g/mol. The fraction of sp³-hybridized carbons (Fsp3) is 0.192. The first-order valence-corrected chi connectivity index (χ1v) is 10.6. The Labute approximate surface area is 191 Å². The van der Waals surface area contributed by atoms with Crippen LogP contribution in [-0.2, 0) is 16.1 Å². The molecule has 1 N–H and O–H groups in total. The number of carbonyl (C=O) groups excluding carboxylic acids is 2. The Morgan fingerprint density at radius 2 is 1.76 bits per heavy atom. The van der Waals surface area contributed by atoms with Crippen molar-refractivity contribution in [3.05, 3.63) is 95.3 Å². The van der Waals surface area contributed by atoms with Crippen molar-refractivity contribution in [3.8, 4) is 11.5 Å². The van der Waals surface area contributed by atoms with E-state index < -0.39 is 17.7 Å². The Bertz CT molecular complexity index is 1190. The number of nitrogens with zero attached hydrogens (tertiary/aromatic N) is 2. The molecule has 2 heterocycles. The van der Waals surface area contributed by atoms with Crippen molar-refractivity contribution in [1.29, 1.82) is 0 Å². The zero-order chi connectivity index (χ0) is 23.4. The Hall–Kier alpha value is -4.13. The minimum Gasteiger partial charge on any atom is -0.507 e. The maximum atomic E-state index is 13.1. The standard InChI is InChI=1S/C26H24N2O5/c1-3-33-21-6-4-5-17(15-21)16-28-23(18-7-9-20(32-2)10-8-18)22(25(30)26(28)31)24(29)19-11-13-27-14-12-19/h4-15,23,29H,3,16H2,1-2H3/b24-22-. The molecule has 7 nitrogen and oxygen atoms in total. The van der Waals surface area contributed by atoms with Gasteiger partial charge in [0.1, 0.15) is 17.3 Å². The van der Waals surface area contributed by atoms with Crippen LogP contribution in [0.3, 0.4) is 0 Å². The van der Waals surface area contributed by atoms with E-state index in [0.29, 0.717) is 29.2 Å². The summed E-state index contributed by atoms with van der Waals surface area (Å²) >= 11 is 0. The average Bonchev–Trinajstić information content (AvgIpc) is 3.09. The van der Waals surface area contributed by atoms with Gasteiger partial charge in [-0.05, 0) is 54.4 Å². The molecule has 0 saturated carbocycles. The molecule has 7 heteroatoms. The fourth-order valence-electron chi connectivity index (χ4n) is 3.94. The number of aliphatic hydroxyl groups is 1. The van der Waals surface area contributed by atoms with Gasteiger partial charge in [-0.1, -0.05) is 24.3 Å². The molecule has 1 saturated heterocycles. The molecule has 0 bridgehead atoms. The number of hydrogen-bond acceptors (Lipinski definition) is 6. The van der Waals surface area contributed by atoms with Gasteiger partial charge in [0.05, 0.1) is 25.3 Å². The number of aliphatic hydroxyl groups excluding tert-OH is 1. The van der Waals surface area contributed by atoms with Crippen LogP contribution >= 0.6 is 0 Å². The minimum atomic E-state index is -0.764. The van der Waals surface area contributed by atoms with Gasteiger partial charge >= 0.3 is 0 Å². The van der Waals surface area contributed by atoms with E-state index in [-0.39, 0.29) is 17.9 Å². The Morgan fingerprint density at radius 1 is 1.03 bits per heavy atom. The smallest absolute Gasteiger partial charge is 0.295 e. The van der Waals surface area contributed by atoms with E-state index in [1.165, 1.54) is 17.3 Å². The number of ether oxygens (including phenoxy) is 2. The van der Waals surface area contributed by atoms with Gasteiger partial charge < -0.3 is 19.5 Å². The number of likely N-dealkylation sites (tertiary alicyclic amines) is 1. The summed E-state index contributed by atoms with van der Waals surface area (Å²) in [5, 5.41) is 11.0. The lowest BCUT2D eigenvalue weighted by molar-refractivity contribution is -0.140. The van der Waals surface area contributed by atoms with E-state index in [1.54, 1.807) is 43.5 Å². The zero-order valence-electron chi connectivity index (χ0n) is 18.4. The molecule has 0 radical (unpaired) electrons. The van der Waals surface area contributed by atoms with E-state index >= 15 is 0 Å². The molecule has 1 aliphatic heterocycles. The fourth-order valence-corrected chi connectivity index (χ4v) is 3.94. The molecule has 1 aliphatic rings. The molecule has 168 valence electrons. The molecule has 3 aromatic rings. The molecule has 0 aliphatic carbocycles. The third-order valence-electron chi connectivity index (χ3n) is 5.49. The predicted molar refractivity (Wildman–Crippen MR) is 123 cm³/mol. The van der Waals surface area contributed by atoms with E-state index in [4.69, 9.17) is 9.47 Å². The highest BCUT2D eigenvalue weighted by Gasteiger charge is 2.46. The maximum Gasteiger partial charge on any atom is 0.295 e. The number of pyridine rings is 1. The summed E-state index contributed by atoms with van der Waals surface area (Å²) in [7, 11) is 1.57. The highest BCUT2D eigenvalue weighted by Crippen LogP contribution is 2.40. The highest BCUT2D eigenvalue weighted by molar-refractivity contribution is 6.46. The lowest BCUT2D eigenvalue weighted by Gasteiger charge is -2.25. The van der Waals surface area contributed by atoms with Crippen molar-refractivity contribution >= 4 is 17.4 Å². The lowest BCUT2D eigenvalue weighted by atomic mass is 9.95. The van der Waals surface area contributed by atoms with Crippen molar-refractivity contribution in [2.24, 2.45) is 0 Å². The summed E-state index contributed by atoms with van der Waals surface area (Å²) in [6, 6.07) is 16.9. The second kappa shape index (κ2) is 9.56. The summed E-state index contributed by atoms with van der Waals surface area (Å²) in [4.78, 5) is 31.7. The third kappa shape index (κ3) is 4.43. The van der Waals surface area contributed by atoms with Crippen LogP contribution in [-0.4, -0.2) is 40.4 Å². The first-order valence-electron chi connectivity index (χ1n) is 10.6. The van der Waals surface area contributed by atoms with E-state index in [9.17, 15) is 14.7 Å². The molecule has 1 amide bonds. The van der Waals surface area contributed by atoms with Crippen LogP contribution in [0.5, 0.6) is 11.5 Å². The van der Waals surface area contributed by atoms with Gasteiger partial charge in [0.15, 0.2) is 0 Å². The van der Waals surface area contributed by atoms with Gasteiger partial charge in [0, 0.05) is 24.5 Å². The summed E-state index contributed by atoms with van der Waals surface area (Å²) < 4.78 is 10.8. The first-order chi connectivity index (χ1) is 16.0. The highest BCUT2D eigenvalue weighted by atomic mass is 16.5. The lowest BCUT2D eigenvalue weighted by Crippen LogP contribution is -2.29. The van der Waals surface area contributed by atoms with E-state index in [0.717, 1.165) is 5.56 Å². The number of carbonyl (C=O) groups is 2. The molecule has 0 spiro atoms. The number of hydrogen-bond donors (Lipinski definition) is 1. The molecule has 1 aromatic heterocycles. The van der Waals surface area contributed by atoms with Gasteiger partial charge in [-0.2, -0.15) is 0 Å². The average molecular weight is 444 g/mol. The quantitative estimate of drug-likeness (QED) is 0.335. The van der Waals surface area contributed by atoms with Crippen LogP contribution in [0.4, 0.5) is 0 Å². The monoisotopic (exact) mass is 444 g/mol. The number of methoxy groups -OCH3 is 1. The molecule has 33 heavy (non-hydrogen) atoms. The summed E-state index contributed by atoms with van der Waals surface area (Å²) in [6.07, 6.45) is 3.04. The SMILES string of the molecule is CCOc1cccc(CN2C(=O)C(=O)/C(=C(\O)c3ccncc3)C2c2ccc(OC)cc2)c1. The second-order valence-electron chi connectivity index (χ2n) is 7.52. The molecule has 1 fully saturated rings. The Kier molecular flexibility index (Phi) is 6.40. The molecule has 2 aromatic carbocycles. The number of Topliss-reactive ketones (excluding diaryl/α,β-unsaturated/α-hetero) is 1. The van der Waals surface area contributed by atoms with Crippen LogP contribution < -0.4 is 9.47 Å². The van der Waals surface area contributed by atoms with Crippen LogP contribution in [0, 0.1) is 0 Å². The number of benzene rings is 2. The molecule has 1 unspecified atom stereocenters. The molecule has 4 rings (SSSR count). The zero-order valence-corrected chi connectivity index (χ0v) is 18.4. The summed E-state index contributed by atoms with van der Waals surface area (Å²) in [5.74, 6) is -0.305. The van der Waals surface area contributed by atoms with Crippen molar-refractivity contribution in [3.63, 3.8) is 0 Å².